The first-order valence-electron chi connectivity index (χ1n) is 10.9. The van der Waals surface area contributed by atoms with E-state index in [-0.39, 0.29) is 11.3 Å². The summed E-state index contributed by atoms with van der Waals surface area (Å²) in [6, 6.07) is 10.6. The monoisotopic (exact) mass is 438 g/mol. The zero-order valence-electron chi connectivity index (χ0n) is 18.8. The first-order chi connectivity index (χ1) is 15.5. The van der Waals surface area contributed by atoms with Crippen molar-refractivity contribution in [1.82, 2.24) is 9.47 Å². The van der Waals surface area contributed by atoms with E-state index < -0.39 is 6.04 Å². The normalized spacial score (nSPS) is 15.5. The number of benzene rings is 1. The molecule has 1 aromatic carbocycles. The highest BCUT2D eigenvalue weighted by atomic mass is 16.5. The molecule has 0 saturated carbocycles. The molecule has 3 aromatic rings. The molecule has 1 N–H and O–H groups in total. The van der Waals surface area contributed by atoms with E-state index in [1.165, 1.54) is 0 Å². The molecule has 0 spiro atoms. The average molecular weight is 439 g/mol. The molecule has 0 radical (unpaired) electrons. The highest BCUT2D eigenvalue weighted by Crippen LogP contribution is 2.38. The van der Waals surface area contributed by atoms with E-state index in [2.05, 4.69) is 4.90 Å². The van der Waals surface area contributed by atoms with Gasteiger partial charge in [-0.25, -0.2) is 0 Å². The molecule has 1 saturated heterocycles. The molecule has 0 unspecified atom stereocenters. The van der Waals surface area contributed by atoms with E-state index in [4.69, 9.17) is 13.9 Å². The van der Waals surface area contributed by atoms with Crippen molar-refractivity contribution in [3.05, 3.63) is 75.6 Å². The van der Waals surface area contributed by atoms with Gasteiger partial charge in [-0.1, -0.05) is 12.5 Å². The third kappa shape index (κ3) is 4.25. The van der Waals surface area contributed by atoms with Crippen molar-refractivity contribution in [3.63, 3.8) is 0 Å². The Labute approximate surface area is 187 Å². The number of likely N-dealkylation sites (tertiary alicyclic amines) is 1. The van der Waals surface area contributed by atoms with Crippen LogP contribution in [0, 0.1) is 6.92 Å². The largest absolute Gasteiger partial charge is 0.507 e. The zero-order valence-corrected chi connectivity index (χ0v) is 18.8. The van der Waals surface area contributed by atoms with Crippen LogP contribution in [0.15, 0.2) is 51.9 Å². The standard InChI is InChI=1S/C25H30N2O5/c1-17-14-20(28)23(25(29)27(17)16-19-8-7-13-32-19)24(26-11-5-4-6-12-26)18-9-10-21(30-2)22(15-18)31-3/h7-10,13-15,24,28H,4-6,11-12,16H2,1-3H3/t24-/m0/s1. The van der Waals surface area contributed by atoms with Crippen LogP contribution in [-0.2, 0) is 6.54 Å². The summed E-state index contributed by atoms with van der Waals surface area (Å²) in [6.45, 7) is 3.83. The molecule has 4 rings (SSSR count). The molecule has 3 heterocycles. The smallest absolute Gasteiger partial charge is 0.260 e. The third-order valence-corrected chi connectivity index (χ3v) is 6.17. The Morgan fingerprint density at radius 2 is 1.81 bits per heavy atom. The molecule has 1 aliphatic rings. The summed E-state index contributed by atoms with van der Waals surface area (Å²) in [7, 11) is 3.19. The zero-order chi connectivity index (χ0) is 22.7. The van der Waals surface area contributed by atoms with Gasteiger partial charge in [0.05, 0.1) is 38.6 Å². The lowest BCUT2D eigenvalue weighted by Gasteiger charge is -2.35. The molecule has 32 heavy (non-hydrogen) atoms. The number of furan rings is 1. The van der Waals surface area contributed by atoms with E-state index in [0.717, 1.165) is 37.9 Å². The van der Waals surface area contributed by atoms with Crippen LogP contribution in [-0.4, -0.2) is 41.9 Å². The summed E-state index contributed by atoms with van der Waals surface area (Å²) in [5, 5.41) is 11.0. The second-order valence-electron chi connectivity index (χ2n) is 8.17. The number of aromatic nitrogens is 1. The molecule has 7 nitrogen and oxygen atoms in total. The highest BCUT2D eigenvalue weighted by Gasteiger charge is 2.31. The van der Waals surface area contributed by atoms with Crippen LogP contribution in [0.1, 0.15) is 47.9 Å². The predicted molar refractivity (Wildman–Crippen MR) is 122 cm³/mol. The van der Waals surface area contributed by atoms with Crippen LogP contribution in [0.2, 0.25) is 0 Å². The van der Waals surface area contributed by atoms with Crippen LogP contribution in [0.5, 0.6) is 17.2 Å². The Morgan fingerprint density at radius 3 is 2.47 bits per heavy atom. The minimum Gasteiger partial charge on any atom is -0.507 e. The van der Waals surface area contributed by atoms with Gasteiger partial charge in [0, 0.05) is 5.69 Å². The van der Waals surface area contributed by atoms with Crippen LogP contribution in [0.25, 0.3) is 0 Å². The van der Waals surface area contributed by atoms with Gasteiger partial charge in [0.2, 0.25) is 0 Å². The number of hydrogen-bond donors (Lipinski definition) is 1. The molecule has 2 aromatic heterocycles. The Hall–Kier alpha value is -3.19. The molecule has 170 valence electrons. The summed E-state index contributed by atoms with van der Waals surface area (Å²) in [6.07, 6.45) is 4.86. The molecular formula is C25H30N2O5. The van der Waals surface area contributed by atoms with E-state index in [1.807, 2.05) is 31.2 Å². The first kappa shape index (κ1) is 22.0. The van der Waals surface area contributed by atoms with Crippen molar-refractivity contribution in [2.75, 3.05) is 27.3 Å². The van der Waals surface area contributed by atoms with Crippen molar-refractivity contribution >= 4 is 0 Å². The van der Waals surface area contributed by atoms with Crippen LogP contribution < -0.4 is 15.0 Å². The van der Waals surface area contributed by atoms with E-state index in [9.17, 15) is 9.90 Å². The molecule has 0 bridgehead atoms. The van der Waals surface area contributed by atoms with Gasteiger partial charge in [-0.2, -0.15) is 0 Å². The number of pyridine rings is 1. The number of nitrogens with zero attached hydrogens (tertiary/aromatic N) is 2. The van der Waals surface area contributed by atoms with Crippen molar-refractivity contribution in [2.45, 2.75) is 38.8 Å². The topological polar surface area (TPSA) is 77.1 Å². The molecule has 1 fully saturated rings. The van der Waals surface area contributed by atoms with Crippen LogP contribution in [0.3, 0.4) is 0 Å². The second-order valence-corrected chi connectivity index (χ2v) is 8.17. The van der Waals surface area contributed by atoms with Crippen molar-refractivity contribution in [2.24, 2.45) is 0 Å². The third-order valence-electron chi connectivity index (χ3n) is 6.17. The molecule has 1 aliphatic heterocycles. The summed E-state index contributed by atoms with van der Waals surface area (Å²) >= 11 is 0. The van der Waals surface area contributed by atoms with Crippen LogP contribution in [0.4, 0.5) is 0 Å². The molecule has 0 aliphatic carbocycles. The minimum atomic E-state index is -0.397. The minimum absolute atomic E-state index is 0.00792. The SMILES string of the molecule is COc1ccc([C@@H](c2c(O)cc(C)n(Cc3ccco3)c2=O)N2CCCCC2)cc1OC. The lowest BCUT2D eigenvalue weighted by Crippen LogP contribution is -2.38. The fourth-order valence-electron chi connectivity index (χ4n) is 4.54. The van der Waals surface area contributed by atoms with Gasteiger partial charge in [0.15, 0.2) is 11.5 Å². The predicted octanol–water partition coefficient (Wildman–Crippen LogP) is 4.10. The van der Waals surface area contributed by atoms with Gasteiger partial charge in [-0.3, -0.25) is 9.69 Å². The van der Waals surface area contributed by atoms with Crippen molar-refractivity contribution in [3.8, 4) is 17.2 Å². The van der Waals surface area contributed by atoms with E-state index in [1.54, 1.807) is 37.2 Å². The van der Waals surface area contributed by atoms with Gasteiger partial charge in [-0.05, 0) is 68.8 Å². The summed E-state index contributed by atoms with van der Waals surface area (Å²) < 4.78 is 18.1. The Balaban J connectivity index is 1.87. The average Bonchev–Trinajstić information content (AvgIpc) is 3.33. The highest BCUT2D eigenvalue weighted by molar-refractivity contribution is 5.48. The number of piperidine rings is 1. The number of rotatable bonds is 7. The lowest BCUT2D eigenvalue weighted by atomic mass is 9.94. The summed E-state index contributed by atoms with van der Waals surface area (Å²) in [5.41, 5.74) is 1.71. The first-order valence-corrected chi connectivity index (χ1v) is 10.9. The number of hydrogen-bond acceptors (Lipinski definition) is 6. The fourth-order valence-corrected chi connectivity index (χ4v) is 4.54. The number of ether oxygens (including phenoxy) is 2. The van der Waals surface area contributed by atoms with Gasteiger partial charge in [-0.15, -0.1) is 0 Å². The van der Waals surface area contributed by atoms with Crippen LogP contribution >= 0.6 is 0 Å². The maximum absolute atomic E-state index is 13.8. The second kappa shape index (κ2) is 9.53. The number of aromatic hydroxyl groups is 1. The van der Waals surface area contributed by atoms with Gasteiger partial charge in [0.1, 0.15) is 11.5 Å². The Bertz CT molecular complexity index is 1110. The number of aryl methyl sites for hydroxylation is 1. The fraction of sp³-hybridized carbons (Fsp3) is 0.400. The lowest BCUT2D eigenvalue weighted by molar-refractivity contribution is 0.183. The van der Waals surface area contributed by atoms with Gasteiger partial charge >= 0.3 is 0 Å². The molecule has 7 heteroatoms. The van der Waals surface area contributed by atoms with Gasteiger partial charge in [0.25, 0.3) is 5.56 Å². The van der Waals surface area contributed by atoms with E-state index >= 15 is 0 Å². The quantitative estimate of drug-likeness (QED) is 0.599. The number of methoxy groups -OCH3 is 2. The molecule has 1 atom stereocenters. The van der Waals surface area contributed by atoms with Gasteiger partial charge < -0.3 is 23.6 Å². The Kier molecular flexibility index (Phi) is 6.55. The Morgan fingerprint density at radius 1 is 1.06 bits per heavy atom. The van der Waals surface area contributed by atoms with Crippen molar-refractivity contribution in [1.29, 1.82) is 0 Å². The molecular weight excluding hydrogens is 408 g/mol. The van der Waals surface area contributed by atoms with E-state index in [0.29, 0.717) is 35.1 Å². The maximum Gasteiger partial charge on any atom is 0.260 e. The molecule has 0 amide bonds. The summed E-state index contributed by atoms with van der Waals surface area (Å²) in [5.74, 6) is 1.91. The van der Waals surface area contributed by atoms with Crippen molar-refractivity contribution < 1.29 is 19.0 Å². The maximum atomic E-state index is 13.8. The summed E-state index contributed by atoms with van der Waals surface area (Å²) in [4.78, 5) is 16.0.